The van der Waals surface area contributed by atoms with Gasteiger partial charge in [0, 0.05) is 39.1 Å². The number of rotatable bonds is 3. The van der Waals surface area contributed by atoms with Gasteiger partial charge in [0.1, 0.15) is 23.2 Å². The smallest absolute Gasteiger partial charge is 0.271 e. The molecule has 0 radical (unpaired) electrons. The van der Waals surface area contributed by atoms with Crippen molar-refractivity contribution in [3.05, 3.63) is 58.3 Å². The van der Waals surface area contributed by atoms with Crippen LogP contribution in [0.25, 0.3) is 10.9 Å². The van der Waals surface area contributed by atoms with E-state index >= 15 is 0 Å². The molecule has 0 bridgehead atoms. The number of nitrogens with one attached hydrogen (secondary N) is 3. The number of benzene rings is 1. The molecule has 5 rings (SSSR count). The normalized spacial score (nSPS) is 16.4. The second kappa shape index (κ2) is 10.5. The fourth-order valence-electron chi connectivity index (χ4n) is 4.15. The standard InChI is InChI=1S/C13H13FN2O.C10H15N5O/c14-9-5-6-11-10(7-9)13(17)16-12(15-11)8-3-1-2-4-8;1-11-10(16)8-6-14-9(7-13-8)15-4-2-12-3-5-15/h5-8H,1-4H2,(H,15,16,17);6-7,12H,2-5H2,1H3,(H,11,16). The number of hydrogen-bond donors (Lipinski definition) is 3. The Hall–Kier alpha value is -3.40. The SMILES string of the molecule is CNC(=O)c1cnc(N2CCNCC2)cn1.O=c1[nH]c(C2CCCC2)nc2ccc(F)cc12. The maximum absolute atomic E-state index is 13.0. The summed E-state index contributed by atoms with van der Waals surface area (Å²) in [5.41, 5.74) is 0.690. The summed E-state index contributed by atoms with van der Waals surface area (Å²) in [5.74, 6) is 1.33. The number of fused-ring (bicyclic) bond motifs is 1. The number of piperazine rings is 1. The second-order valence-corrected chi connectivity index (χ2v) is 8.17. The van der Waals surface area contributed by atoms with Gasteiger partial charge in [0.15, 0.2) is 0 Å². The van der Waals surface area contributed by atoms with Crippen LogP contribution in [0.2, 0.25) is 0 Å². The quantitative estimate of drug-likeness (QED) is 0.555. The predicted octanol–water partition coefficient (Wildman–Crippen LogP) is 1.97. The van der Waals surface area contributed by atoms with Gasteiger partial charge in [-0.25, -0.2) is 19.3 Å². The highest BCUT2D eigenvalue weighted by atomic mass is 19.1. The summed E-state index contributed by atoms with van der Waals surface area (Å²) in [6, 6.07) is 4.14. The molecule has 3 aromatic rings. The van der Waals surface area contributed by atoms with Gasteiger partial charge in [0.25, 0.3) is 11.5 Å². The molecule has 2 aliphatic rings. The van der Waals surface area contributed by atoms with Crippen molar-refractivity contribution in [2.45, 2.75) is 31.6 Å². The summed E-state index contributed by atoms with van der Waals surface area (Å²) < 4.78 is 13.0. The molecular weight excluding hydrogens is 425 g/mol. The lowest BCUT2D eigenvalue weighted by Crippen LogP contribution is -2.44. The number of hydrogen-bond acceptors (Lipinski definition) is 7. The molecular formula is C23H28FN7O2. The van der Waals surface area contributed by atoms with Crippen LogP contribution < -0.4 is 21.1 Å². The van der Waals surface area contributed by atoms with Crippen molar-refractivity contribution in [1.82, 2.24) is 30.6 Å². The van der Waals surface area contributed by atoms with Crippen LogP contribution in [-0.4, -0.2) is 59.1 Å². The lowest BCUT2D eigenvalue weighted by Gasteiger charge is -2.27. The zero-order chi connectivity index (χ0) is 23.2. The van der Waals surface area contributed by atoms with E-state index in [1.54, 1.807) is 19.3 Å². The number of amides is 1. The zero-order valence-corrected chi connectivity index (χ0v) is 18.6. The number of aromatic nitrogens is 4. The number of halogens is 1. The van der Waals surface area contributed by atoms with Crippen molar-refractivity contribution in [2.75, 3.05) is 38.1 Å². The molecule has 174 valence electrons. The molecule has 2 fully saturated rings. The monoisotopic (exact) mass is 453 g/mol. The van der Waals surface area contributed by atoms with Gasteiger partial charge in [-0.05, 0) is 31.0 Å². The lowest BCUT2D eigenvalue weighted by atomic mass is 10.1. The van der Waals surface area contributed by atoms with E-state index in [0.717, 1.165) is 50.7 Å². The van der Waals surface area contributed by atoms with Gasteiger partial charge in [0.05, 0.1) is 23.3 Å². The third-order valence-corrected chi connectivity index (χ3v) is 5.97. The van der Waals surface area contributed by atoms with Crippen molar-refractivity contribution < 1.29 is 9.18 Å². The minimum atomic E-state index is -0.404. The van der Waals surface area contributed by atoms with Crippen molar-refractivity contribution in [3.63, 3.8) is 0 Å². The first-order chi connectivity index (χ1) is 16.0. The third kappa shape index (κ3) is 5.51. The molecule has 1 saturated heterocycles. The van der Waals surface area contributed by atoms with Crippen molar-refractivity contribution in [1.29, 1.82) is 0 Å². The van der Waals surface area contributed by atoms with Crippen molar-refractivity contribution in [2.24, 2.45) is 0 Å². The van der Waals surface area contributed by atoms with Gasteiger partial charge < -0.3 is 20.5 Å². The summed E-state index contributed by atoms with van der Waals surface area (Å²) in [5, 5.41) is 6.11. The molecule has 3 N–H and O–H groups in total. The molecule has 1 aliphatic heterocycles. The Morgan fingerprint density at radius 3 is 2.58 bits per heavy atom. The number of carbonyl (C=O) groups is 1. The molecule has 1 amide bonds. The molecule has 1 aliphatic carbocycles. The topological polar surface area (TPSA) is 116 Å². The van der Waals surface area contributed by atoms with Crippen LogP contribution in [0.15, 0.2) is 35.4 Å². The van der Waals surface area contributed by atoms with Crippen molar-refractivity contribution in [3.8, 4) is 0 Å². The Bertz CT molecular complexity index is 1150. The number of H-pyrrole nitrogens is 1. The summed E-state index contributed by atoms with van der Waals surface area (Å²) >= 11 is 0. The lowest BCUT2D eigenvalue weighted by molar-refractivity contribution is 0.0958. The third-order valence-electron chi connectivity index (χ3n) is 5.97. The Morgan fingerprint density at radius 1 is 1.15 bits per heavy atom. The number of carbonyl (C=O) groups excluding carboxylic acids is 1. The highest BCUT2D eigenvalue weighted by molar-refractivity contribution is 5.91. The molecule has 0 atom stereocenters. The zero-order valence-electron chi connectivity index (χ0n) is 18.6. The average Bonchev–Trinajstić information content (AvgIpc) is 3.40. The molecule has 33 heavy (non-hydrogen) atoms. The Kier molecular flexibility index (Phi) is 7.23. The molecule has 0 spiro atoms. The molecule has 3 heterocycles. The molecule has 10 heteroatoms. The molecule has 1 saturated carbocycles. The van der Waals surface area contributed by atoms with Crippen LogP contribution in [0.5, 0.6) is 0 Å². The summed E-state index contributed by atoms with van der Waals surface area (Å²) in [6.07, 6.45) is 7.70. The Labute approximate surface area is 190 Å². The molecule has 2 aromatic heterocycles. The largest absolute Gasteiger partial charge is 0.354 e. The second-order valence-electron chi connectivity index (χ2n) is 8.17. The fraction of sp³-hybridized carbons (Fsp3) is 0.435. The highest BCUT2D eigenvalue weighted by Crippen LogP contribution is 2.31. The highest BCUT2D eigenvalue weighted by Gasteiger charge is 2.20. The Balaban J connectivity index is 0.000000157. The van der Waals surface area contributed by atoms with Gasteiger partial charge in [-0.15, -0.1) is 0 Å². The maximum Gasteiger partial charge on any atom is 0.271 e. The minimum Gasteiger partial charge on any atom is -0.354 e. The van der Waals surface area contributed by atoms with Crippen LogP contribution in [0.3, 0.4) is 0 Å². The van der Waals surface area contributed by atoms with E-state index in [1.165, 1.54) is 31.2 Å². The van der Waals surface area contributed by atoms with E-state index in [1.807, 2.05) is 0 Å². The van der Waals surface area contributed by atoms with Gasteiger partial charge in [0.2, 0.25) is 0 Å². The Morgan fingerprint density at radius 2 is 1.91 bits per heavy atom. The van der Waals surface area contributed by atoms with E-state index in [2.05, 4.69) is 35.5 Å². The number of nitrogens with zero attached hydrogens (tertiary/aromatic N) is 4. The molecule has 1 aromatic carbocycles. The van der Waals surface area contributed by atoms with Crippen LogP contribution in [0.4, 0.5) is 10.2 Å². The van der Waals surface area contributed by atoms with Crippen LogP contribution >= 0.6 is 0 Å². The van der Waals surface area contributed by atoms with Crippen LogP contribution in [-0.2, 0) is 0 Å². The van der Waals surface area contributed by atoms with Crippen molar-refractivity contribution >= 4 is 22.6 Å². The van der Waals surface area contributed by atoms with Gasteiger partial charge in [-0.3, -0.25) is 9.59 Å². The summed E-state index contributed by atoms with van der Waals surface area (Å²) in [4.78, 5) is 40.8. The van der Waals surface area contributed by atoms with E-state index in [0.29, 0.717) is 22.5 Å². The van der Waals surface area contributed by atoms with E-state index in [9.17, 15) is 14.0 Å². The first kappa shape index (κ1) is 22.8. The first-order valence-corrected chi connectivity index (χ1v) is 11.2. The maximum atomic E-state index is 13.0. The average molecular weight is 454 g/mol. The van der Waals surface area contributed by atoms with Gasteiger partial charge in [-0.1, -0.05) is 12.8 Å². The van der Waals surface area contributed by atoms with Gasteiger partial charge in [-0.2, -0.15) is 0 Å². The summed E-state index contributed by atoms with van der Waals surface area (Å²) in [6.45, 7) is 3.76. The van der Waals surface area contributed by atoms with Crippen LogP contribution in [0, 0.1) is 5.82 Å². The van der Waals surface area contributed by atoms with E-state index < -0.39 is 5.82 Å². The predicted molar refractivity (Wildman–Crippen MR) is 124 cm³/mol. The van der Waals surface area contributed by atoms with Crippen LogP contribution in [0.1, 0.15) is 47.9 Å². The number of aromatic amines is 1. The molecule has 0 unspecified atom stereocenters. The minimum absolute atomic E-state index is 0.209. The van der Waals surface area contributed by atoms with E-state index in [-0.39, 0.29) is 11.5 Å². The first-order valence-electron chi connectivity index (χ1n) is 11.2. The fourth-order valence-corrected chi connectivity index (χ4v) is 4.15. The van der Waals surface area contributed by atoms with Gasteiger partial charge >= 0.3 is 0 Å². The summed E-state index contributed by atoms with van der Waals surface area (Å²) in [7, 11) is 1.58. The number of anilines is 1. The van der Waals surface area contributed by atoms with E-state index in [4.69, 9.17) is 0 Å². The molecule has 9 nitrogen and oxygen atoms in total.